The third kappa shape index (κ3) is 6.19. The number of hydrogen-bond acceptors (Lipinski definition) is 11. The maximum Gasteiger partial charge on any atom is 0.303 e. The van der Waals surface area contributed by atoms with Crippen LogP contribution in [0.4, 0.5) is 0 Å². The Morgan fingerprint density at radius 2 is 0.607 bits per heavy atom. The number of carbonyl (C=O) groups is 5. The first-order chi connectivity index (χ1) is 13.0. The zero-order valence-corrected chi connectivity index (χ0v) is 16.5. The van der Waals surface area contributed by atoms with Crippen molar-refractivity contribution >= 4 is 29.8 Å². The van der Waals surface area contributed by atoms with Crippen LogP contribution in [-0.2, 0) is 52.4 Å². The van der Waals surface area contributed by atoms with Crippen molar-refractivity contribution in [3.8, 4) is 0 Å². The molecular weight excluding hydrogens is 380 g/mol. The van der Waals surface area contributed by atoms with E-state index in [1.54, 1.807) is 0 Å². The monoisotopic (exact) mass is 404 g/mol. The van der Waals surface area contributed by atoms with Gasteiger partial charge < -0.3 is 28.4 Å². The average Bonchev–Trinajstić information content (AvgIpc) is 2.52. The Hall–Kier alpha value is -2.69. The van der Waals surface area contributed by atoms with Crippen LogP contribution in [0, 0.1) is 0 Å². The molecule has 0 amide bonds. The molecule has 0 saturated heterocycles. The van der Waals surface area contributed by atoms with Crippen molar-refractivity contribution in [2.45, 2.75) is 71.2 Å². The number of methoxy groups -OCH3 is 1. The van der Waals surface area contributed by atoms with Gasteiger partial charge in [0.25, 0.3) is 0 Å². The molecular formula is C17H24O11. The fourth-order valence-electron chi connectivity index (χ4n) is 3.02. The van der Waals surface area contributed by atoms with Gasteiger partial charge in [0, 0.05) is 41.7 Å². The highest BCUT2D eigenvalue weighted by Crippen LogP contribution is 2.34. The lowest BCUT2D eigenvalue weighted by Crippen LogP contribution is -2.68. The second-order valence-corrected chi connectivity index (χ2v) is 6.07. The molecule has 158 valence electrons. The van der Waals surface area contributed by atoms with Gasteiger partial charge in [0.05, 0.1) is 0 Å². The average molecular weight is 404 g/mol. The van der Waals surface area contributed by atoms with Gasteiger partial charge >= 0.3 is 29.8 Å². The molecule has 1 saturated carbocycles. The fraction of sp³-hybridized carbons (Fsp3) is 0.706. The fourth-order valence-corrected chi connectivity index (χ4v) is 3.02. The van der Waals surface area contributed by atoms with E-state index in [1.165, 1.54) is 7.11 Å². The van der Waals surface area contributed by atoms with Crippen LogP contribution in [0.5, 0.6) is 0 Å². The highest BCUT2D eigenvalue weighted by Gasteiger charge is 2.59. The summed E-state index contributed by atoms with van der Waals surface area (Å²) in [6, 6.07) is 0. The molecule has 0 aromatic heterocycles. The van der Waals surface area contributed by atoms with E-state index in [0.29, 0.717) is 0 Å². The molecule has 1 aliphatic carbocycles. The molecule has 11 nitrogen and oxygen atoms in total. The zero-order valence-electron chi connectivity index (χ0n) is 16.5. The number of esters is 5. The van der Waals surface area contributed by atoms with Crippen molar-refractivity contribution < 1.29 is 52.4 Å². The summed E-state index contributed by atoms with van der Waals surface area (Å²) in [6.45, 7) is 5.49. The highest BCUT2D eigenvalue weighted by atomic mass is 16.7. The van der Waals surface area contributed by atoms with Gasteiger partial charge in [-0.3, -0.25) is 24.0 Å². The molecule has 1 fully saturated rings. The van der Waals surface area contributed by atoms with Gasteiger partial charge in [-0.1, -0.05) is 0 Å². The molecule has 0 aromatic carbocycles. The summed E-state index contributed by atoms with van der Waals surface area (Å²) in [5, 5.41) is 0. The predicted octanol–water partition coefficient (Wildman–Crippen LogP) is -0.326. The lowest BCUT2D eigenvalue weighted by atomic mass is 9.83. The second-order valence-electron chi connectivity index (χ2n) is 6.07. The molecule has 0 N–H and O–H groups in total. The molecule has 28 heavy (non-hydrogen) atoms. The Morgan fingerprint density at radius 1 is 0.429 bits per heavy atom. The Balaban J connectivity index is 3.54. The Labute approximate surface area is 161 Å². The number of rotatable bonds is 6. The molecule has 0 bridgehead atoms. The number of hydrogen-bond donors (Lipinski definition) is 0. The van der Waals surface area contributed by atoms with E-state index in [4.69, 9.17) is 28.4 Å². The minimum absolute atomic E-state index is 0.752. The lowest BCUT2D eigenvalue weighted by Gasteiger charge is -2.46. The third-order valence-electron chi connectivity index (χ3n) is 3.73. The molecule has 1 aliphatic rings. The quantitative estimate of drug-likeness (QED) is 0.424. The highest BCUT2D eigenvalue weighted by molar-refractivity contribution is 5.70. The molecule has 6 atom stereocenters. The van der Waals surface area contributed by atoms with E-state index in [-0.39, 0.29) is 0 Å². The van der Waals surface area contributed by atoms with Crippen LogP contribution in [0.25, 0.3) is 0 Å². The molecule has 0 aromatic rings. The Bertz CT molecular complexity index is 585. The van der Waals surface area contributed by atoms with Crippen molar-refractivity contribution in [1.82, 2.24) is 0 Å². The van der Waals surface area contributed by atoms with E-state index < -0.39 is 66.5 Å². The Morgan fingerprint density at radius 3 is 0.750 bits per heavy atom. The van der Waals surface area contributed by atoms with Crippen LogP contribution in [0.15, 0.2) is 0 Å². The largest absolute Gasteiger partial charge is 0.455 e. The number of carbonyl (C=O) groups excluding carboxylic acids is 5. The van der Waals surface area contributed by atoms with Crippen LogP contribution < -0.4 is 0 Å². The topological polar surface area (TPSA) is 141 Å². The SMILES string of the molecule is COC1[C@H](OC(C)=O)[C@H](OC(C)=O)C(OC(C)=O)[C@H](OC(C)=O)[C@H]1OC(C)=O. The molecule has 0 spiro atoms. The summed E-state index contributed by atoms with van der Waals surface area (Å²) in [5.74, 6) is -3.85. The van der Waals surface area contributed by atoms with E-state index in [0.717, 1.165) is 34.6 Å². The molecule has 0 heterocycles. The van der Waals surface area contributed by atoms with Gasteiger partial charge in [0.15, 0.2) is 30.5 Å². The van der Waals surface area contributed by atoms with Crippen LogP contribution in [0.3, 0.4) is 0 Å². The summed E-state index contributed by atoms with van der Waals surface area (Å²) >= 11 is 0. The van der Waals surface area contributed by atoms with Crippen LogP contribution in [0.2, 0.25) is 0 Å². The smallest absolute Gasteiger partial charge is 0.303 e. The molecule has 11 heteroatoms. The summed E-state index contributed by atoms with van der Waals surface area (Å²) in [4.78, 5) is 58.1. The normalized spacial score (nSPS) is 29.2. The van der Waals surface area contributed by atoms with Crippen LogP contribution >= 0.6 is 0 Å². The van der Waals surface area contributed by atoms with Crippen molar-refractivity contribution in [3.63, 3.8) is 0 Å². The van der Waals surface area contributed by atoms with Gasteiger partial charge in [-0.2, -0.15) is 0 Å². The minimum Gasteiger partial charge on any atom is -0.455 e. The van der Waals surface area contributed by atoms with Gasteiger partial charge in [-0.25, -0.2) is 0 Å². The van der Waals surface area contributed by atoms with Crippen LogP contribution in [0.1, 0.15) is 34.6 Å². The Kier molecular flexibility index (Phi) is 8.35. The summed E-state index contributed by atoms with van der Waals surface area (Å²) in [5.41, 5.74) is 0. The molecule has 0 aliphatic heterocycles. The van der Waals surface area contributed by atoms with E-state index in [9.17, 15) is 24.0 Å². The molecule has 0 radical (unpaired) electrons. The second kappa shape index (κ2) is 10.0. The first-order valence-electron chi connectivity index (χ1n) is 8.36. The standard InChI is InChI=1S/C17H24O11/c1-7(18)24-13-12(23-6)14(25-8(2)19)16(27-10(4)21)17(28-11(5)22)15(13)26-9(3)20/h12-17H,1-6H3/t12?,13-,14-,15-,16+,17?/m0/s1. The van der Waals surface area contributed by atoms with E-state index >= 15 is 0 Å². The maximum absolute atomic E-state index is 11.6. The number of ether oxygens (including phenoxy) is 6. The van der Waals surface area contributed by atoms with E-state index in [1.807, 2.05) is 0 Å². The maximum atomic E-state index is 11.6. The molecule has 2 unspecified atom stereocenters. The van der Waals surface area contributed by atoms with Gasteiger partial charge in [0.2, 0.25) is 0 Å². The van der Waals surface area contributed by atoms with Crippen molar-refractivity contribution in [1.29, 1.82) is 0 Å². The zero-order chi connectivity index (χ0) is 21.6. The minimum atomic E-state index is -1.43. The first-order valence-corrected chi connectivity index (χ1v) is 8.36. The first kappa shape index (κ1) is 23.3. The lowest BCUT2D eigenvalue weighted by molar-refractivity contribution is -0.259. The predicted molar refractivity (Wildman–Crippen MR) is 88.6 cm³/mol. The van der Waals surface area contributed by atoms with Gasteiger partial charge in [0.1, 0.15) is 6.10 Å². The van der Waals surface area contributed by atoms with Crippen LogP contribution in [-0.4, -0.2) is 73.6 Å². The van der Waals surface area contributed by atoms with Gasteiger partial charge in [-0.15, -0.1) is 0 Å². The summed E-state index contributed by atoms with van der Waals surface area (Å²) in [7, 11) is 1.24. The van der Waals surface area contributed by atoms with E-state index in [2.05, 4.69) is 0 Å². The summed E-state index contributed by atoms with van der Waals surface area (Å²) < 4.78 is 31.4. The summed E-state index contributed by atoms with van der Waals surface area (Å²) in [6.07, 6.45) is -8.00. The molecule has 1 rings (SSSR count). The van der Waals surface area contributed by atoms with Gasteiger partial charge in [-0.05, 0) is 0 Å². The third-order valence-corrected chi connectivity index (χ3v) is 3.73. The van der Waals surface area contributed by atoms with Crippen molar-refractivity contribution in [3.05, 3.63) is 0 Å². The van der Waals surface area contributed by atoms with Crippen molar-refractivity contribution in [2.75, 3.05) is 7.11 Å². The van der Waals surface area contributed by atoms with Crippen molar-refractivity contribution in [2.24, 2.45) is 0 Å².